The molecule has 3 nitrogen and oxygen atoms in total. The van der Waals surface area contributed by atoms with E-state index in [0.717, 1.165) is 32.5 Å². The predicted molar refractivity (Wildman–Crippen MR) is 53.6 cm³/mol. The van der Waals surface area contributed by atoms with Crippen LogP contribution in [0.3, 0.4) is 0 Å². The number of hydrogen-bond acceptors (Lipinski definition) is 2. The van der Waals surface area contributed by atoms with E-state index in [2.05, 4.69) is 23.1 Å². The molecule has 13 heavy (non-hydrogen) atoms. The molecule has 0 atom stereocenters. The van der Waals surface area contributed by atoms with Crippen molar-refractivity contribution in [3.8, 4) is 0 Å². The topological polar surface area (TPSA) is 43.0 Å². The van der Waals surface area contributed by atoms with Crippen molar-refractivity contribution in [2.24, 2.45) is 12.8 Å². The second-order valence-corrected chi connectivity index (χ2v) is 3.66. The molecule has 0 unspecified atom stereocenters. The Kier molecular flexibility index (Phi) is 2.38. The minimum atomic E-state index is 0.754. The molecule has 1 aromatic heterocycles. The number of hydrogen-bond donors (Lipinski definition) is 2. The number of aromatic nitrogens is 1. The summed E-state index contributed by atoms with van der Waals surface area (Å²) in [7, 11) is 2.12. The van der Waals surface area contributed by atoms with E-state index < -0.39 is 0 Å². The Morgan fingerprint density at radius 3 is 3.23 bits per heavy atom. The molecular weight excluding hydrogens is 162 g/mol. The fraction of sp³-hybridized carbons (Fsp3) is 0.600. The first-order valence-corrected chi connectivity index (χ1v) is 4.89. The van der Waals surface area contributed by atoms with Gasteiger partial charge in [-0.15, -0.1) is 0 Å². The minimum absolute atomic E-state index is 0.754. The Labute approximate surface area is 78.9 Å². The molecule has 1 aromatic rings. The van der Waals surface area contributed by atoms with E-state index >= 15 is 0 Å². The third-order valence-electron chi connectivity index (χ3n) is 2.77. The van der Waals surface area contributed by atoms with Crippen LogP contribution in [0.25, 0.3) is 0 Å². The molecule has 2 heterocycles. The van der Waals surface area contributed by atoms with Gasteiger partial charge in [-0.05, 0) is 37.1 Å². The SMILES string of the molecule is Cn1cc(CCN)c2c1CNCC2. The third kappa shape index (κ3) is 1.49. The van der Waals surface area contributed by atoms with Crippen LogP contribution in [0.2, 0.25) is 0 Å². The molecule has 0 bridgehead atoms. The monoisotopic (exact) mass is 179 g/mol. The molecule has 3 N–H and O–H groups in total. The molecule has 2 rings (SSSR count). The lowest BCUT2D eigenvalue weighted by molar-refractivity contribution is 0.609. The van der Waals surface area contributed by atoms with Crippen molar-refractivity contribution in [1.29, 1.82) is 0 Å². The van der Waals surface area contributed by atoms with Crippen LogP contribution in [-0.4, -0.2) is 17.7 Å². The summed E-state index contributed by atoms with van der Waals surface area (Å²) in [5, 5.41) is 3.39. The van der Waals surface area contributed by atoms with E-state index in [1.807, 2.05) is 0 Å². The summed E-state index contributed by atoms with van der Waals surface area (Å²) in [5.41, 5.74) is 10.00. The molecule has 0 amide bonds. The minimum Gasteiger partial charge on any atom is -0.353 e. The summed E-state index contributed by atoms with van der Waals surface area (Å²) < 4.78 is 2.23. The van der Waals surface area contributed by atoms with Gasteiger partial charge in [0.25, 0.3) is 0 Å². The van der Waals surface area contributed by atoms with Gasteiger partial charge in [0.2, 0.25) is 0 Å². The Hall–Kier alpha value is -0.800. The van der Waals surface area contributed by atoms with Gasteiger partial charge in [-0.1, -0.05) is 0 Å². The van der Waals surface area contributed by atoms with E-state index in [4.69, 9.17) is 5.73 Å². The molecule has 72 valence electrons. The normalized spacial score (nSPS) is 15.8. The number of nitrogens with one attached hydrogen (secondary N) is 1. The zero-order chi connectivity index (χ0) is 9.26. The van der Waals surface area contributed by atoms with Gasteiger partial charge in [0, 0.05) is 25.5 Å². The lowest BCUT2D eigenvalue weighted by atomic mass is 10.0. The van der Waals surface area contributed by atoms with Crippen molar-refractivity contribution in [3.05, 3.63) is 23.0 Å². The first-order valence-electron chi connectivity index (χ1n) is 4.89. The first-order chi connectivity index (χ1) is 6.33. The van der Waals surface area contributed by atoms with Crippen LogP contribution in [-0.2, 0) is 26.4 Å². The molecule has 1 aliphatic rings. The van der Waals surface area contributed by atoms with Crippen LogP contribution in [0.15, 0.2) is 6.20 Å². The molecule has 0 saturated heterocycles. The Bertz CT molecular complexity index is 301. The van der Waals surface area contributed by atoms with Crippen molar-refractivity contribution in [1.82, 2.24) is 9.88 Å². The highest BCUT2D eigenvalue weighted by Gasteiger charge is 2.15. The number of nitrogens with two attached hydrogens (primary N) is 1. The summed E-state index contributed by atoms with van der Waals surface area (Å²) in [5.74, 6) is 0. The quantitative estimate of drug-likeness (QED) is 0.680. The van der Waals surface area contributed by atoms with Crippen molar-refractivity contribution in [2.75, 3.05) is 13.1 Å². The lowest BCUT2D eigenvalue weighted by Gasteiger charge is -2.15. The molecule has 0 saturated carbocycles. The van der Waals surface area contributed by atoms with Gasteiger partial charge >= 0.3 is 0 Å². The van der Waals surface area contributed by atoms with Gasteiger partial charge in [0.15, 0.2) is 0 Å². The van der Waals surface area contributed by atoms with Gasteiger partial charge in [-0.25, -0.2) is 0 Å². The Morgan fingerprint density at radius 1 is 1.62 bits per heavy atom. The zero-order valence-electron chi connectivity index (χ0n) is 8.14. The van der Waals surface area contributed by atoms with E-state index in [9.17, 15) is 0 Å². The van der Waals surface area contributed by atoms with Crippen LogP contribution >= 0.6 is 0 Å². The first kappa shape index (κ1) is 8.78. The predicted octanol–water partition coefficient (Wildman–Crippen LogP) is 0.172. The largest absolute Gasteiger partial charge is 0.353 e. The maximum Gasteiger partial charge on any atom is 0.0362 e. The highest BCUT2D eigenvalue weighted by Crippen LogP contribution is 2.20. The summed E-state index contributed by atoms with van der Waals surface area (Å²) in [6, 6.07) is 0. The summed E-state index contributed by atoms with van der Waals surface area (Å²) in [4.78, 5) is 0. The third-order valence-corrected chi connectivity index (χ3v) is 2.77. The molecule has 0 spiro atoms. The van der Waals surface area contributed by atoms with Crippen molar-refractivity contribution < 1.29 is 0 Å². The van der Waals surface area contributed by atoms with Gasteiger partial charge < -0.3 is 15.6 Å². The lowest BCUT2D eigenvalue weighted by Crippen LogP contribution is -2.25. The Morgan fingerprint density at radius 2 is 2.46 bits per heavy atom. The fourth-order valence-electron chi connectivity index (χ4n) is 2.12. The molecule has 0 aromatic carbocycles. The summed E-state index contributed by atoms with van der Waals surface area (Å²) in [6.07, 6.45) is 4.40. The molecular formula is C10H17N3. The molecule has 0 radical (unpaired) electrons. The van der Waals surface area contributed by atoms with Gasteiger partial charge in [0.1, 0.15) is 0 Å². The van der Waals surface area contributed by atoms with Crippen LogP contribution in [0.5, 0.6) is 0 Å². The smallest absolute Gasteiger partial charge is 0.0362 e. The van der Waals surface area contributed by atoms with Crippen LogP contribution in [0, 0.1) is 0 Å². The average molecular weight is 179 g/mol. The van der Waals surface area contributed by atoms with Crippen LogP contribution in [0.4, 0.5) is 0 Å². The highest BCUT2D eigenvalue weighted by atomic mass is 15.0. The van der Waals surface area contributed by atoms with Crippen LogP contribution in [0.1, 0.15) is 16.8 Å². The summed E-state index contributed by atoms with van der Waals surface area (Å²) >= 11 is 0. The van der Waals surface area contributed by atoms with Crippen molar-refractivity contribution >= 4 is 0 Å². The highest BCUT2D eigenvalue weighted by molar-refractivity contribution is 5.34. The molecule has 0 fully saturated rings. The average Bonchev–Trinajstić information content (AvgIpc) is 2.46. The maximum atomic E-state index is 5.58. The van der Waals surface area contributed by atoms with E-state index in [-0.39, 0.29) is 0 Å². The summed E-state index contributed by atoms with van der Waals surface area (Å²) in [6.45, 7) is 2.87. The number of rotatable bonds is 2. The standard InChI is InChI=1S/C10H17N3/c1-13-7-8(2-4-11)9-3-5-12-6-10(9)13/h7,12H,2-6,11H2,1H3. The zero-order valence-corrected chi connectivity index (χ0v) is 8.14. The molecule has 3 heteroatoms. The fourth-order valence-corrected chi connectivity index (χ4v) is 2.12. The van der Waals surface area contributed by atoms with Crippen molar-refractivity contribution in [2.45, 2.75) is 19.4 Å². The molecule has 1 aliphatic heterocycles. The number of aryl methyl sites for hydroxylation is 1. The van der Waals surface area contributed by atoms with E-state index in [1.165, 1.54) is 16.8 Å². The van der Waals surface area contributed by atoms with Crippen molar-refractivity contribution in [3.63, 3.8) is 0 Å². The molecule has 0 aliphatic carbocycles. The van der Waals surface area contributed by atoms with E-state index in [1.54, 1.807) is 0 Å². The van der Waals surface area contributed by atoms with Gasteiger partial charge in [0.05, 0.1) is 0 Å². The maximum absolute atomic E-state index is 5.58. The second-order valence-electron chi connectivity index (χ2n) is 3.66. The van der Waals surface area contributed by atoms with Gasteiger partial charge in [-0.3, -0.25) is 0 Å². The van der Waals surface area contributed by atoms with Crippen LogP contribution < -0.4 is 11.1 Å². The number of fused-ring (bicyclic) bond motifs is 1. The van der Waals surface area contributed by atoms with E-state index in [0.29, 0.717) is 0 Å². The number of nitrogens with zero attached hydrogens (tertiary/aromatic N) is 1. The Balaban J connectivity index is 2.36. The second kappa shape index (κ2) is 3.52. The van der Waals surface area contributed by atoms with Gasteiger partial charge in [-0.2, -0.15) is 0 Å².